The number of H-pyrrole nitrogens is 2. The number of aliphatic hydroxyl groups excluding tert-OH is 1. The van der Waals surface area contributed by atoms with Gasteiger partial charge in [0.2, 0.25) is 0 Å². The van der Waals surface area contributed by atoms with Gasteiger partial charge in [0.1, 0.15) is 24.0 Å². The average Bonchev–Trinajstić information content (AvgIpc) is 3.10. The molecular weight excluding hydrogens is 362 g/mol. The molecule has 8 nitrogen and oxygen atoms in total. The summed E-state index contributed by atoms with van der Waals surface area (Å²) >= 11 is 0. The zero-order valence-electron chi connectivity index (χ0n) is 16.0. The Morgan fingerprint density at radius 3 is 2.68 bits per heavy atom. The zero-order chi connectivity index (χ0) is 19.9. The van der Waals surface area contributed by atoms with Crippen molar-refractivity contribution in [1.82, 2.24) is 15.3 Å². The third kappa shape index (κ3) is 4.85. The molecule has 2 aromatic carbocycles. The molecule has 0 bridgehead atoms. The zero-order valence-corrected chi connectivity index (χ0v) is 16.0. The van der Waals surface area contributed by atoms with Crippen LogP contribution in [-0.4, -0.2) is 55.1 Å². The molecule has 0 aliphatic carbocycles. The number of rotatable bonds is 10. The van der Waals surface area contributed by atoms with Crippen LogP contribution in [0.1, 0.15) is 5.56 Å². The van der Waals surface area contributed by atoms with Gasteiger partial charge in [-0.2, -0.15) is 0 Å². The molecule has 3 aromatic rings. The Bertz CT molecular complexity index is 966. The highest BCUT2D eigenvalue weighted by atomic mass is 16.5. The van der Waals surface area contributed by atoms with Gasteiger partial charge in [0.15, 0.2) is 11.5 Å². The molecule has 1 atom stereocenters. The number of hydrogen-bond acceptors (Lipinski definition) is 6. The monoisotopic (exact) mass is 387 g/mol. The quantitative estimate of drug-likeness (QED) is 0.392. The van der Waals surface area contributed by atoms with Crippen LogP contribution in [0, 0.1) is 0 Å². The number of benzene rings is 2. The number of ether oxygens (including phenoxy) is 3. The first-order valence-electron chi connectivity index (χ1n) is 9.04. The van der Waals surface area contributed by atoms with E-state index in [2.05, 4.69) is 15.3 Å². The van der Waals surface area contributed by atoms with E-state index in [0.717, 1.165) is 12.0 Å². The van der Waals surface area contributed by atoms with Gasteiger partial charge in [-0.15, -0.1) is 0 Å². The predicted octanol–water partition coefficient (Wildman–Crippen LogP) is 1.45. The minimum Gasteiger partial charge on any atom is -0.493 e. The minimum atomic E-state index is -0.675. The molecule has 28 heavy (non-hydrogen) atoms. The molecule has 0 radical (unpaired) electrons. The molecule has 0 aliphatic rings. The van der Waals surface area contributed by atoms with Crippen LogP contribution in [0.25, 0.3) is 11.0 Å². The second kappa shape index (κ2) is 9.29. The summed E-state index contributed by atoms with van der Waals surface area (Å²) in [7, 11) is 3.22. The first kappa shape index (κ1) is 19.8. The van der Waals surface area contributed by atoms with Gasteiger partial charge < -0.3 is 34.6 Å². The molecule has 0 spiro atoms. The van der Waals surface area contributed by atoms with Crippen LogP contribution in [0.3, 0.4) is 0 Å². The summed E-state index contributed by atoms with van der Waals surface area (Å²) in [5.41, 5.74) is 2.09. The van der Waals surface area contributed by atoms with E-state index < -0.39 is 6.10 Å². The van der Waals surface area contributed by atoms with Crippen molar-refractivity contribution in [3.63, 3.8) is 0 Å². The summed E-state index contributed by atoms with van der Waals surface area (Å²) in [4.78, 5) is 16.8. The van der Waals surface area contributed by atoms with Crippen molar-refractivity contribution in [2.75, 3.05) is 33.9 Å². The SMILES string of the molecule is COc1ccc(CCNCC(O)COc2cccc3[nH]c(=O)[nH]c23)cc1OC. The number of aromatic nitrogens is 2. The number of imidazole rings is 1. The Morgan fingerprint density at radius 2 is 1.89 bits per heavy atom. The molecule has 0 fully saturated rings. The van der Waals surface area contributed by atoms with Gasteiger partial charge in [0.25, 0.3) is 0 Å². The number of hydrogen-bond donors (Lipinski definition) is 4. The second-order valence-corrected chi connectivity index (χ2v) is 6.37. The Labute approximate surface area is 162 Å². The van der Waals surface area contributed by atoms with Crippen molar-refractivity contribution in [3.05, 3.63) is 52.4 Å². The van der Waals surface area contributed by atoms with Crippen molar-refractivity contribution in [3.8, 4) is 17.2 Å². The topological polar surface area (TPSA) is 109 Å². The van der Waals surface area contributed by atoms with Crippen LogP contribution in [0.4, 0.5) is 0 Å². The number of nitrogens with one attached hydrogen (secondary N) is 3. The van der Waals surface area contributed by atoms with E-state index in [0.29, 0.717) is 41.4 Å². The van der Waals surface area contributed by atoms with Gasteiger partial charge in [-0.25, -0.2) is 4.79 Å². The van der Waals surface area contributed by atoms with Crippen LogP contribution in [-0.2, 0) is 6.42 Å². The molecule has 0 amide bonds. The number of methoxy groups -OCH3 is 2. The van der Waals surface area contributed by atoms with Crippen molar-refractivity contribution in [2.45, 2.75) is 12.5 Å². The maximum absolute atomic E-state index is 11.4. The number of aromatic amines is 2. The lowest BCUT2D eigenvalue weighted by Gasteiger charge is -2.14. The van der Waals surface area contributed by atoms with Gasteiger partial charge in [-0.1, -0.05) is 12.1 Å². The average molecular weight is 387 g/mol. The molecular formula is C20H25N3O5. The molecule has 1 aromatic heterocycles. The number of para-hydroxylation sites is 1. The summed E-state index contributed by atoms with van der Waals surface area (Å²) in [6.07, 6.45) is 0.115. The standard InChI is InChI=1S/C20H25N3O5/c1-26-16-7-6-13(10-18(16)27-2)8-9-21-11-14(24)12-28-17-5-3-4-15-19(17)23-20(25)22-15/h3-7,10,14,21,24H,8-9,11-12H2,1-2H3,(H2,22,23,25). The van der Waals surface area contributed by atoms with Crippen LogP contribution < -0.4 is 25.2 Å². The van der Waals surface area contributed by atoms with Crippen LogP contribution in [0.5, 0.6) is 17.2 Å². The Hall–Kier alpha value is -2.97. The highest BCUT2D eigenvalue weighted by molar-refractivity contribution is 5.80. The summed E-state index contributed by atoms with van der Waals surface area (Å²) in [6, 6.07) is 11.1. The normalized spacial score (nSPS) is 12.1. The predicted molar refractivity (Wildman–Crippen MR) is 107 cm³/mol. The van der Waals surface area contributed by atoms with Gasteiger partial charge in [0, 0.05) is 6.54 Å². The molecule has 8 heteroatoms. The van der Waals surface area contributed by atoms with Gasteiger partial charge in [0.05, 0.1) is 19.7 Å². The maximum atomic E-state index is 11.4. The smallest absolute Gasteiger partial charge is 0.323 e. The second-order valence-electron chi connectivity index (χ2n) is 6.37. The summed E-state index contributed by atoms with van der Waals surface area (Å²) in [5.74, 6) is 1.93. The fourth-order valence-electron chi connectivity index (χ4n) is 2.93. The molecule has 0 aliphatic heterocycles. The lowest BCUT2D eigenvalue weighted by Crippen LogP contribution is -2.32. The van der Waals surface area contributed by atoms with Crippen molar-refractivity contribution >= 4 is 11.0 Å². The van der Waals surface area contributed by atoms with E-state index in [9.17, 15) is 9.90 Å². The number of fused-ring (bicyclic) bond motifs is 1. The fourth-order valence-corrected chi connectivity index (χ4v) is 2.93. The number of aliphatic hydroxyl groups is 1. The van der Waals surface area contributed by atoms with Crippen LogP contribution in [0.15, 0.2) is 41.2 Å². The summed E-state index contributed by atoms with van der Waals surface area (Å²) < 4.78 is 16.2. The summed E-state index contributed by atoms with van der Waals surface area (Å²) in [6.45, 7) is 1.22. The fraction of sp³-hybridized carbons (Fsp3) is 0.350. The molecule has 1 heterocycles. The third-order valence-corrected chi connectivity index (χ3v) is 4.36. The van der Waals surface area contributed by atoms with E-state index in [4.69, 9.17) is 14.2 Å². The van der Waals surface area contributed by atoms with Crippen molar-refractivity contribution < 1.29 is 19.3 Å². The highest BCUT2D eigenvalue weighted by Crippen LogP contribution is 2.27. The Morgan fingerprint density at radius 1 is 1.07 bits per heavy atom. The van der Waals surface area contributed by atoms with Gasteiger partial charge >= 0.3 is 5.69 Å². The van der Waals surface area contributed by atoms with Crippen molar-refractivity contribution in [1.29, 1.82) is 0 Å². The van der Waals surface area contributed by atoms with Gasteiger partial charge in [-0.3, -0.25) is 0 Å². The Kier molecular flexibility index (Phi) is 6.57. The van der Waals surface area contributed by atoms with E-state index in [1.165, 1.54) is 0 Å². The largest absolute Gasteiger partial charge is 0.493 e. The van der Waals surface area contributed by atoms with Crippen molar-refractivity contribution in [2.24, 2.45) is 0 Å². The first-order chi connectivity index (χ1) is 13.6. The minimum absolute atomic E-state index is 0.121. The van der Waals surface area contributed by atoms with E-state index in [1.54, 1.807) is 32.4 Å². The molecule has 0 saturated heterocycles. The van der Waals surface area contributed by atoms with Gasteiger partial charge in [-0.05, 0) is 42.8 Å². The third-order valence-electron chi connectivity index (χ3n) is 4.36. The molecule has 150 valence electrons. The van der Waals surface area contributed by atoms with E-state index in [-0.39, 0.29) is 12.3 Å². The van der Waals surface area contributed by atoms with Crippen LogP contribution in [0.2, 0.25) is 0 Å². The maximum Gasteiger partial charge on any atom is 0.323 e. The lowest BCUT2D eigenvalue weighted by atomic mass is 10.1. The molecule has 3 rings (SSSR count). The lowest BCUT2D eigenvalue weighted by molar-refractivity contribution is 0.107. The Balaban J connectivity index is 1.43. The molecule has 0 saturated carbocycles. The van der Waals surface area contributed by atoms with E-state index in [1.807, 2.05) is 18.2 Å². The molecule has 1 unspecified atom stereocenters. The summed E-state index contributed by atoms with van der Waals surface area (Å²) in [5, 5.41) is 13.3. The molecule has 4 N–H and O–H groups in total. The van der Waals surface area contributed by atoms with E-state index >= 15 is 0 Å². The first-order valence-corrected chi connectivity index (χ1v) is 9.04. The highest BCUT2D eigenvalue weighted by Gasteiger charge is 2.09. The van der Waals surface area contributed by atoms with Crippen LogP contribution >= 0.6 is 0 Å².